The van der Waals surface area contributed by atoms with Crippen LogP contribution in [0, 0.1) is 5.82 Å². The van der Waals surface area contributed by atoms with E-state index >= 15 is 0 Å². The molecule has 1 unspecified atom stereocenters. The Morgan fingerprint density at radius 1 is 1.24 bits per heavy atom. The molecule has 112 valence electrons. The number of hydrogen-bond donors (Lipinski definition) is 2. The third kappa shape index (κ3) is 4.45. The number of aliphatic hydroxyl groups excluding tert-OH is 1. The lowest BCUT2D eigenvalue weighted by Crippen LogP contribution is -2.24. The van der Waals surface area contributed by atoms with Crippen LogP contribution in [0.15, 0.2) is 47.4 Å². The molecule has 0 spiro atoms. The molecule has 1 atom stereocenters. The Morgan fingerprint density at radius 3 is 2.52 bits per heavy atom. The molecule has 0 aromatic heterocycles. The van der Waals surface area contributed by atoms with E-state index in [1.54, 1.807) is 17.8 Å². The molecule has 0 saturated heterocycles. The van der Waals surface area contributed by atoms with Gasteiger partial charge in [-0.1, -0.05) is 29.8 Å². The molecule has 2 nitrogen and oxygen atoms in total. The van der Waals surface area contributed by atoms with Crippen LogP contribution in [0.2, 0.25) is 5.02 Å². The van der Waals surface area contributed by atoms with E-state index in [1.807, 2.05) is 18.4 Å². The maximum Gasteiger partial charge on any atom is 0.142 e. The highest BCUT2D eigenvalue weighted by Gasteiger charge is 2.12. The van der Waals surface area contributed by atoms with Gasteiger partial charge in [0.2, 0.25) is 0 Å². The smallest absolute Gasteiger partial charge is 0.142 e. The van der Waals surface area contributed by atoms with Crippen LogP contribution in [0.4, 0.5) is 4.39 Å². The molecule has 0 bridgehead atoms. The zero-order valence-electron chi connectivity index (χ0n) is 11.6. The molecule has 0 aliphatic heterocycles. The Bertz CT molecular complexity index is 591. The third-order valence-electron chi connectivity index (χ3n) is 3.24. The van der Waals surface area contributed by atoms with Crippen LogP contribution in [0.1, 0.15) is 17.2 Å². The second kappa shape index (κ2) is 7.80. The van der Waals surface area contributed by atoms with Gasteiger partial charge in [0.25, 0.3) is 0 Å². The average Bonchev–Trinajstić information content (AvgIpc) is 2.52. The van der Waals surface area contributed by atoms with Gasteiger partial charge in [0.05, 0.1) is 17.7 Å². The molecule has 5 heteroatoms. The van der Waals surface area contributed by atoms with Crippen LogP contribution in [0.5, 0.6) is 0 Å². The van der Waals surface area contributed by atoms with Gasteiger partial charge in [-0.2, -0.15) is 0 Å². The fourth-order valence-electron chi connectivity index (χ4n) is 2.00. The van der Waals surface area contributed by atoms with E-state index in [4.69, 9.17) is 11.6 Å². The first kappa shape index (κ1) is 16.3. The molecule has 2 N–H and O–H groups in total. The van der Waals surface area contributed by atoms with Gasteiger partial charge >= 0.3 is 0 Å². The lowest BCUT2D eigenvalue weighted by Gasteiger charge is -2.17. The van der Waals surface area contributed by atoms with Crippen LogP contribution in [-0.4, -0.2) is 18.0 Å². The summed E-state index contributed by atoms with van der Waals surface area (Å²) >= 11 is 7.36. The summed E-state index contributed by atoms with van der Waals surface area (Å²) < 4.78 is 13.5. The first-order valence-corrected chi connectivity index (χ1v) is 8.16. The van der Waals surface area contributed by atoms with Crippen molar-refractivity contribution in [3.05, 3.63) is 64.4 Å². The van der Waals surface area contributed by atoms with Crippen molar-refractivity contribution in [2.45, 2.75) is 17.5 Å². The van der Waals surface area contributed by atoms with Crippen molar-refractivity contribution in [3.63, 3.8) is 0 Å². The highest BCUT2D eigenvalue weighted by Crippen LogP contribution is 2.21. The van der Waals surface area contributed by atoms with Crippen molar-refractivity contribution in [2.24, 2.45) is 0 Å². The van der Waals surface area contributed by atoms with Crippen LogP contribution >= 0.6 is 23.4 Å². The lowest BCUT2D eigenvalue weighted by molar-refractivity contribution is 0.243. The Hall–Kier alpha value is -1.07. The van der Waals surface area contributed by atoms with E-state index in [-0.39, 0.29) is 17.7 Å². The van der Waals surface area contributed by atoms with Gasteiger partial charge in [0, 0.05) is 11.4 Å². The number of thioether (sulfide) groups is 1. The van der Waals surface area contributed by atoms with Crippen molar-refractivity contribution in [1.29, 1.82) is 0 Å². The summed E-state index contributed by atoms with van der Waals surface area (Å²) in [6.45, 7) is 0.494. The largest absolute Gasteiger partial charge is 0.394 e. The molecule has 2 aromatic carbocycles. The van der Waals surface area contributed by atoms with Crippen LogP contribution in [0.3, 0.4) is 0 Å². The Morgan fingerprint density at radius 2 is 1.95 bits per heavy atom. The molecule has 2 rings (SSSR count). The van der Waals surface area contributed by atoms with E-state index in [1.165, 1.54) is 17.0 Å². The number of aliphatic hydroxyl groups is 1. The third-order valence-corrected chi connectivity index (χ3v) is 4.29. The first-order chi connectivity index (χ1) is 10.1. The average molecular weight is 326 g/mol. The van der Waals surface area contributed by atoms with Gasteiger partial charge in [-0.05, 0) is 41.6 Å². The second-order valence-electron chi connectivity index (χ2n) is 4.64. The topological polar surface area (TPSA) is 32.3 Å². The molecule has 21 heavy (non-hydrogen) atoms. The second-order valence-corrected chi connectivity index (χ2v) is 5.92. The molecular weight excluding hydrogens is 309 g/mol. The molecule has 0 amide bonds. The van der Waals surface area contributed by atoms with Crippen molar-refractivity contribution in [2.75, 3.05) is 12.9 Å². The van der Waals surface area contributed by atoms with E-state index < -0.39 is 5.82 Å². The fourth-order valence-corrected chi connectivity index (χ4v) is 2.53. The van der Waals surface area contributed by atoms with Crippen molar-refractivity contribution >= 4 is 23.4 Å². The number of nitrogens with one attached hydrogen (secondary N) is 1. The standard InChI is InChI=1S/C16H17ClFNOS/c1-21-13-5-2-11(3-6-13)9-19-16(10-20)12-4-7-14(17)15(18)8-12/h2-8,16,19-20H,9-10H2,1H3. The van der Waals surface area contributed by atoms with Crippen LogP contribution in [0.25, 0.3) is 0 Å². The fraction of sp³-hybridized carbons (Fsp3) is 0.250. The molecular formula is C16H17ClFNOS. The Kier molecular flexibility index (Phi) is 6.06. The zero-order chi connectivity index (χ0) is 15.2. The van der Waals surface area contributed by atoms with Crippen LogP contribution < -0.4 is 5.32 Å². The molecule has 2 aromatic rings. The number of rotatable bonds is 6. The summed E-state index contributed by atoms with van der Waals surface area (Å²) in [5, 5.41) is 12.8. The van der Waals surface area contributed by atoms with Gasteiger partial charge in [-0.15, -0.1) is 11.8 Å². The number of halogens is 2. The maximum atomic E-state index is 13.5. The predicted octanol–water partition coefficient (Wildman–Crippen LogP) is 4.02. The molecule has 0 aliphatic carbocycles. The van der Waals surface area contributed by atoms with Gasteiger partial charge in [0.15, 0.2) is 0 Å². The van der Waals surface area contributed by atoms with Gasteiger partial charge in [0.1, 0.15) is 5.82 Å². The Balaban J connectivity index is 2.02. The zero-order valence-corrected chi connectivity index (χ0v) is 13.2. The molecule has 0 saturated carbocycles. The van der Waals surface area contributed by atoms with E-state index in [2.05, 4.69) is 17.4 Å². The molecule has 0 radical (unpaired) electrons. The lowest BCUT2D eigenvalue weighted by atomic mass is 10.1. The van der Waals surface area contributed by atoms with Gasteiger partial charge < -0.3 is 10.4 Å². The van der Waals surface area contributed by atoms with E-state index in [0.29, 0.717) is 12.1 Å². The van der Waals surface area contributed by atoms with E-state index in [0.717, 1.165) is 5.56 Å². The van der Waals surface area contributed by atoms with Gasteiger partial charge in [-0.25, -0.2) is 4.39 Å². The quantitative estimate of drug-likeness (QED) is 0.787. The van der Waals surface area contributed by atoms with Crippen molar-refractivity contribution in [3.8, 4) is 0 Å². The summed E-state index contributed by atoms with van der Waals surface area (Å²) in [6, 6.07) is 12.4. The molecule has 0 aliphatic rings. The predicted molar refractivity (Wildman–Crippen MR) is 86.3 cm³/mol. The minimum Gasteiger partial charge on any atom is -0.394 e. The first-order valence-electron chi connectivity index (χ1n) is 6.56. The normalized spacial score (nSPS) is 12.4. The summed E-state index contributed by atoms with van der Waals surface area (Å²) in [4.78, 5) is 1.21. The Labute approximate surface area is 133 Å². The van der Waals surface area contributed by atoms with E-state index in [9.17, 15) is 9.50 Å². The molecule has 0 heterocycles. The van der Waals surface area contributed by atoms with Crippen molar-refractivity contribution < 1.29 is 9.50 Å². The summed E-state index contributed by atoms with van der Waals surface area (Å²) in [5.74, 6) is -0.473. The summed E-state index contributed by atoms with van der Waals surface area (Å²) in [5.41, 5.74) is 1.79. The SMILES string of the molecule is CSc1ccc(CNC(CO)c2ccc(Cl)c(F)c2)cc1. The maximum absolute atomic E-state index is 13.5. The number of hydrogen-bond acceptors (Lipinski definition) is 3. The van der Waals surface area contributed by atoms with Gasteiger partial charge in [-0.3, -0.25) is 0 Å². The minimum atomic E-state index is -0.473. The summed E-state index contributed by atoms with van der Waals surface area (Å²) in [7, 11) is 0. The highest BCUT2D eigenvalue weighted by molar-refractivity contribution is 7.98. The highest BCUT2D eigenvalue weighted by atomic mass is 35.5. The molecule has 0 fully saturated rings. The number of benzene rings is 2. The summed E-state index contributed by atoms with van der Waals surface area (Å²) in [6.07, 6.45) is 2.03. The van der Waals surface area contributed by atoms with Crippen LogP contribution in [-0.2, 0) is 6.54 Å². The van der Waals surface area contributed by atoms with Crippen molar-refractivity contribution in [1.82, 2.24) is 5.32 Å². The monoisotopic (exact) mass is 325 g/mol. The minimum absolute atomic E-state index is 0.0862.